The van der Waals surface area contributed by atoms with Crippen LogP contribution in [0, 0.1) is 0 Å². The fourth-order valence-electron chi connectivity index (χ4n) is 2.72. The van der Waals surface area contributed by atoms with E-state index in [1.165, 1.54) is 5.56 Å². The van der Waals surface area contributed by atoms with Gasteiger partial charge in [-0.3, -0.25) is 14.5 Å². The first kappa shape index (κ1) is 17.4. The predicted octanol–water partition coefficient (Wildman–Crippen LogP) is 1.28. The smallest absolute Gasteiger partial charge is 0.321 e. The Hall–Kier alpha value is -1.92. The van der Waals surface area contributed by atoms with Crippen LogP contribution in [0.3, 0.4) is 0 Å². The molecule has 0 aliphatic carbocycles. The number of amides is 1. The summed E-state index contributed by atoms with van der Waals surface area (Å²) in [6.07, 6.45) is 0.910. The van der Waals surface area contributed by atoms with Crippen LogP contribution in [0.1, 0.15) is 18.9 Å². The quantitative estimate of drug-likeness (QED) is 0.826. The highest BCUT2D eigenvalue weighted by atomic mass is 16.4. The molecule has 23 heavy (non-hydrogen) atoms. The van der Waals surface area contributed by atoms with Crippen molar-refractivity contribution in [3.63, 3.8) is 0 Å². The van der Waals surface area contributed by atoms with E-state index in [2.05, 4.69) is 17.1 Å². The summed E-state index contributed by atoms with van der Waals surface area (Å²) < 4.78 is 0. The number of benzene rings is 1. The lowest BCUT2D eigenvalue weighted by molar-refractivity contribution is -0.145. The molecule has 2 rings (SSSR count). The van der Waals surface area contributed by atoms with Gasteiger partial charge in [0, 0.05) is 31.9 Å². The van der Waals surface area contributed by atoms with Gasteiger partial charge >= 0.3 is 5.97 Å². The topological polar surface area (TPSA) is 72.9 Å². The fourth-order valence-corrected chi connectivity index (χ4v) is 2.72. The van der Waals surface area contributed by atoms with Gasteiger partial charge in [0.2, 0.25) is 5.91 Å². The molecular formula is C17H25N3O3. The third-order valence-corrected chi connectivity index (χ3v) is 4.29. The second-order valence-electron chi connectivity index (χ2n) is 6.00. The summed E-state index contributed by atoms with van der Waals surface area (Å²) in [4.78, 5) is 27.7. The van der Waals surface area contributed by atoms with Crippen LogP contribution in [0.2, 0.25) is 0 Å². The van der Waals surface area contributed by atoms with Crippen LogP contribution in [0.4, 0.5) is 5.69 Å². The molecule has 1 fully saturated rings. The second kappa shape index (κ2) is 8.08. The average Bonchev–Trinajstić information content (AvgIpc) is 2.54. The minimum absolute atomic E-state index is 0.0332. The van der Waals surface area contributed by atoms with Crippen LogP contribution in [0.25, 0.3) is 0 Å². The lowest BCUT2D eigenvalue weighted by atomic mass is 10.1. The van der Waals surface area contributed by atoms with Gasteiger partial charge < -0.3 is 15.3 Å². The van der Waals surface area contributed by atoms with Gasteiger partial charge in [-0.05, 0) is 31.2 Å². The largest absolute Gasteiger partial charge is 0.480 e. The molecule has 0 saturated carbocycles. The molecule has 6 heteroatoms. The van der Waals surface area contributed by atoms with Crippen molar-refractivity contribution in [3.05, 3.63) is 29.8 Å². The van der Waals surface area contributed by atoms with Gasteiger partial charge in [-0.15, -0.1) is 0 Å². The molecule has 1 unspecified atom stereocenters. The number of carboxylic acids is 1. The lowest BCUT2D eigenvalue weighted by Gasteiger charge is -2.35. The number of nitrogens with one attached hydrogen (secondary N) is 1. The highest BCUT2D eigenvalue weighted by molar-refractivity contribution is 5.94. The van der Waals surface area contributed by atoms with Crippen LogP contribution in [-0.4, -0.2) is 66.1 Å². The van der Waals surface area contributed by atoms with E-state index in [1.807, 2.05) is 36.2 Å². The molecule has 2 N–H and O–H groups in total. The number of aryl methyl sites for hydroxylation is 1. The van der Waals surface area contributed by atoms with Gasteiger partial charge in [0.15, 0.2) is 0 Å². The normalized spacial score (nSPS) is 17.7. The van der Waals surface area contributed by atoms with Gasteiger partial charge in [0.25, 0.3) is 0 Å². The van der Waals surface area contributed by atoms with Crippen molar-refractivity contribution < 1.29 is 14.7 Å². The predicted molar refractivity (Wildman–Crippen MR) is 89.6 cm³/mol. The Bertz CT molecular complexity index is 537. The molecule has 6 nitrogen and oxygen atoms in total. The third kappa shape index (κ3) is 5.04. The van der Waals surface area contributed by atoms with Gasteiger partial charge in [-0.1, -0.05) is 19.1 Å². The zero-order valence-electron chi connectivity index (χ0n) is 13.8. The molecule has 0 radical (unpaired) electrons. The summed E-state index contributed by atoms with van der Waals surface area (Å²) in [6, 6.07) is 6.86. The number of carbonyl (C=O) groups excluding carboxylic acids is 1. The highest BCUT2D eigenvalue weighted by Gasteiger charge is 2.30. The number of hydrogen-bond donors (Lipinski definition) is 2. The third-order valence-electron chi connectivity index (χ3n) is 4.29. The second-order valence-corrected chi connectivity index (χ2v) is 6.00. The molecule has 1 heterocycles. The van der Waals surface area contributed by atoms with Crippen molar-refractivity contribution in [1.29, 1.82) is 0 Å². The summed E-state index contributed by atoms with van der Waals surface area (Å²) >= 11 is 0. The molecule has 0 spiro atoms. The van der Waals surface area contributed by atoms with Crippen molar-refractivity contribution in [3.8, 4) is 0 Å². The summed E-state index contributed by atoms with van der Waals surface area (Å²) in [5.74, 6) is -1.20. The molecule has 126 valence electrons. The molecule has 1 saturated heterocycles. The van der Waals surface area contributed by atoms with E-state index in [0.29, 0.717) is 18.8 Å². The molecule has 1 amide bonds. The number of carbonyl (C=O) groups is 2. The van der Waals surface area contributed by atoms with Crippen molar-refractivity contribution in [1.82, 2.24) is 9.80 Å². The highest BCUT2D eigenvalue weighted by Crippen LogP contribution is 2.13. The number of carboxylic acid groups (broad SMARTS) is 1. The first-order valence-corrected chi connectivity index (χ1v) is 8.03. The van der Waals surface area contributed by atoms with Crippen molar-refractivity contribution in [2.45, 2.75) is 25.8 Å². The van der Waals surface area contributed by atoms with E-state index in [9.17, 15) is 14.7 Å². The zero-order valence-corrected chi connectivity index (χ0v) is 13.8. The van der Waals surface area contributed by atoms with Crippen molar-refractivity contribution in [2.75, 3.05) is 38.5 Å². The Labute approximate surface area is 137 Å². The number of nitrogens with zero attached hydrogens (tertiary/aromatic N) is 2. The first-order chi connectivity index (χ1) is 11.0. The van der Waals surface area contributed by atoms with E-state index < -0.39 is 12.0 Å². The molecular weight excluding hydrogens is 294 g/mol. The zero-order chi connectivity index (χ0) is 16.8. The van der Waals surface area contributed by atoms with E-state index in [-0.39, 0.29) is 12.3 Å². The van der Waals surface area contributed by atoms with Crippen molar-refractivity contribution in [2.24, 2.45) is 0 Å². The SMILES string of the molecule is CCc1ccc(NC(=O)CC(C(=O)O)N2CCN(C)CC2)cc1. The maximum absolute atomic E-state index is 12.2. The van der Waals surface area contributed by atoms with Gasteiger partial charge in [-0.2, -0.15) is 0 Å². The molecule has 1 aliphatic heterocycles. The van der Waals surface area contributed by atoms with E-state index in [0.717, 1.165) is 19.5 Å². The minimum Gasteiger partial charge on any atom is -0.480 e. The Kier molecular flexibility index (Phi) is 6.12. The van der Waals surface area contributed by atoms with Gasteiger partial charge in [0.1, 0.15) is 6.04 Å². The molecule has 0 bridgehead atoms. The van der Waals surface area contributed by atoms with Crippen LogP contribution in [-0.2, 0) is 16.0 Å². The van der Waals surface area contributed by atoms with Crippen molar-refractivity contribution >= 4 is 17.6 Å². The van der Waals surface area contributed by atoms with Crippen LogP contribution in [0.5, 0.6) is 0 Å². The average molecular weight is 319 g/mol. The molecule has 1 atom stereocenters. The molecule has 1 aliphatic rings. The summed E-state index contributed by atoms with van der Waals surface area (Å²) in [6.45, 7) is 5.06. The molecule has 0 aromatic heterocycles. The lowest BCUT2D eigenvalue weighted by Crippen LogP contribution is -2.52. The number of piperazine rings is 1. The fraction of sp³-hybridized carbons (Fsp3) is 0.529. The molecule has 1 aromatic carbocycles. The van der Waals surface area contributed by atoms with Crippen LogP contribution < -0.4 is 5.32 Å². The number of aliphatic carboxylic acids is 1. The van der Waals surface area contributed by atoms with Gasteiger partial charge in [-0.25, -0.2) is 0 Å². The van der Waals surface area contributed by atoms with E-state index >= 15 is 0 Å². The Morgan fingerprint density at radius 3 is 2.30 bits per heavy atom. The molecule has 1 aromatic rings. The van der Waals surface area contributed by atoms with E-state index in [1.54, 1.807) is 0 Å². The summed E-state index contributed by atoms with van der Waals surface area (Å²) in [5, 5.41) is 12.2. The Balaban J connectivity index is 1.93. The number of likely N-dealkylation sites (N-methyl/N-ethyl adjacent to an activating group) is 1. The Morgan fingerprint density at radius 2 is 1.78 bits per heavy atom. The van der Waals surface area contributed by atoms with Crippen LogP contribution in [0.15, 0.2) is 24.3 Å². The van der Waals surface area contributed by atoms with Gasteiger partial charge in [0.05, 0.1) is 6.42 Å². The standard InChI is InChI=1S/C17H25N3O3/c1-3-13-4-6-14(7-5-13)18-16(21)12-15(17(22)23)20-10-8-19(2)9-11-20/h4-7,15H,3,8-12H2,1-2H3,(H,18,21)(H,22,23). The maximum atomic E-state index is 12.2. The van der Waals surface area contributed by atoms with Crippen LogP contribution >= 0.6 is 0 Å². The van der Waals surface area contributed by atoms with E-state index in [4.69, 9.17) is 0 Å². The maximum Gasteiger partial charge on any atom is 0.321 e. The summed E-state index contributed by atoms with van der Waals surface area (Å²) in [5.41, 5.74) is 1.90. The number of hydrogen-bond acceptors (Lipinski definition) is 4. The monoisotopic (exact) mass is 319 g/mol. The first-order valence-electron chi connectivity index (χ1n) is 8.03. The minimum atomic E-state index is -0.939. The Morgan fingerprint density at radius 1 is 1.17 bits per heavy atom. The number of anilines is 1. The number of rotatable bonds is 6. The summed E-state index contributed by atoms with van der Waals surface area (Å²) in [7, 11) is 2.01.